The van der Waals surface area contributed by atoms with Crippen molar-refractivity contribution in [2.45, 2.75) is 31.9 Å². The third-order valence-corrected chi connectivity index (χ3v) is 5.33. The first-order chi connectivity index (χ1) is 16.4. The number of carboxylic acids is 1. The highest BCUT2D eigenvalue weighted by Gasteiger charge is 2.56. The summed E-state index contributed by atoms with van der Waals surface area (Å²) >= 11 is 0. The number of nitrogens with zero attached hydrogens (tertiary/aromatic N) is 4. The first kappa shape index (κ1) is 22.8. The van der Waals surface area contributed by atoms with Crippen molar-refractivity contribution in [1.82, 2.24) is 19.9 Å². The minimum Gasteiger partial charge on any atom is -0.479 e. The molecule has 5 N–H and O–H groups in total. The van der Waals surface area contributed by atoms with Crippen LogP contribution in [0.15, 0.2) is 54.6 Å². The van der Waals surface area contributed by atoms with E-state index in [1.165, 1.54) is 4.90 Å². The van der Waals surface area contributed by atoms with Gasteiger partial charge in [-0.25, -0.2) is 4.79 Å². The van der Waals surface area contributed by atoms with E-state index in [1.807, 2.05) is 42.5 Å². The second-order valence-electron chi connectivity index (χ2n) is 7.67. The van der Waals surface area contributed by atoms with Gasteiger partial charge in [0.1, 0.15) is 17.0 Å². The average Bonchev–Trinajstić information content (AvgIpc) is 3.62. The molecular formula is C23H25N7O4. The van der Waals surface area contributed by atoms with Crippen molar-refractivity contribution in [1.29, 1.82) is 5.41 Å². The van der Waals surface area contributed by atoms with Crippen molar-refractivity contribution in [3.8, 4) is 11.5 Å². The van der Waals surface area contributed by atoms with Gasteiger partial charge in [0.25, 0.3) is 6.02 Å². The van der Waals surface area contributed by atoms with Crippen molar-refractivity contribution in [2.24, 2.45) is 0 Å². The molecule has 176 valence electrons. The zero-order valence-corrected chi connectivity index (χ0v) is 18.6. The van der Waals surface area contributed by atoms with Crippen LogP contribution in [0, 0.1) is 5.41 Å². The van der Waals surface area contributed by atoms with Crippen molar-refractivity contribution in [2.75, 3.05) is 17.6 Å². The van der Waals surface area contributed by atoms with Crippen LogP contribution in [-0.4, -0.2) is 49.0 Å². The quantitative estimate of drug-likeness (QED) is 0.274. The number of benzene rings is 2. The van der Waals surface area contributed by atoms with Crippen LogP contribution in [0.4, 0.5) is 17.6 Å². The minimum atomic E-state index is -1.06. The molecular weight excluding hydrogens is 438 g/mol. The molecule has 1 heterocycles. The zero-order chi connectivity index (χ0) is 24.1. The van der Waals surface area contributed by atoms with Crippen molar-refractivity contribution >= 4 is 29.6 Å². The van der Waals surface area contributed by atoms with E-state index < -0.39 is 11.5 Å². The summed E-state index contributed by atoms with van der Waals surface area (Å²) in [7, 11) is 0. The second kappa shape index (κ2) is 9.61. The van der Waals surface area contributed by atoms with Gasteiger partial charge in [-0.05, 0) is 56.2 Å². The lowest BCUT2D eigenvalue weighted by Gasteiger charge is -2.28. The van der Waals surface area contributed by atoms with E-state index in [4.69, 9.17) is 20.6 Å². The van der Waals surface area contributed by atoms with E-state index in [1.54, 1.807) is 19.1 Å². The van der Waals surface area contributed by atoms with Gasteiger partial charge in [0.2, 0.25) is 11.9 Å². The number of carbonyl (C=O) groups is 1. The van der Waals surface area contributed by atoms with Gasteiger partial charge in [-0.15, -0.1) is 0 Å². The molecule has 0 radical (unpaired) electrons. The minimum absolute atomic E-state index is 0.0109. The highest BCUT2D eigenvalue weighted by Crippen LogP contribution is 2.42. The summed E-state index contributed by atoms with van der Waals surface area (Å²) in [4.78, 5) is 25.4. The standard InChI is InChI=1S/C23H25N7O4/c1-2-30(23(12-13-23)19(31)32)21(25)33-14-18-27-20(24)29-22(28-18)26-15-8-10-17(11-9-15)34-16-6-4-3-5-7-16/h3-11,25H,2,12-14H2,1H3,(H,31,32)(H3,24,26,27,28,29). The topological polar surface area (TPSA) is 160 Å². The molecule has 1 aliphatic rings. The molecule has 2 aromatic carbocycles. The fraction of sp³-hybridized carbons (Fsp3) is 0.261. The van der Waals surface area contributed by atoms with Crippen LogP contribution in [0.25, 0.3) is 0 Å². The van der Waals surface area contributed by atoms with E-state index in [9.17, 15) is 9.90 Å². The van der Waals surface area contributed by atoms with E-state index in [0.29, 0.717) is 30.8 Å². The molecule has 1 saturated carbocycles. The van der Waals surface area contributed by atoms with Crippen molar-refractivity contribution in [3.63, 3.8) is 0 Å². The molecule has 0 aliphatic heterocycles. The second-order valence-corrected chi connectivity index (χ2v) is 7.67. The number of anilines is 3. The molecule has 3 aromatic rings. The van der Waals surface area contributed by atoms with Gasteiger partial charge in [0.05, 0.1) is 0 Å². The normalized spacial score (nSPS) is 13.6. The molecule has 0 spiro atoms. The number of ether oxygens (including phenoxy) is 2. The summed E-state index contributed by atoms with van der Waals surface area (Å²) in [6.45, 7) is 1.96. The van der Waals surface area contributed by atoms with Crippen LogP contribution in [0.2, 0.25) is 0 Å². The van der Waals surface area contributed by atoms with E-state index in [-0.39, 0.29) is 30.3 Å². The third-order valence-electron chi connectivity index (χ3n) is 5.33. The Bertz CT molecular complexity index is 1170. The maximum absolute atomic E-state index is 11.6. The summed E-state index contributed by atoms with van der Waals surface area (Å²) in [5.41, 5.74) is 5.46. The predicted octanol–water partition coefficient (Wildman–Crippen LogP) is 3.38. The molecule has 4 rings (SSSR count). The Hall–Kier alpha value is -4.41. The molecule has 0 amide bonds. The third kappa shape index (κ3) is 5.14. The lowest BCUT2D eigenvalue weighted by atomic mass is 10.2. The van der Waals surface area contributed by atoms with Gasteiger partial charge in [-0.1, -0.05) is 18.2 Å². The highest BCUT2D eigenvalue weighted by molar-refractivity contribution is 5.88. The van der Waals surface area contributed by atoms with Gasteiger partial charge in [0.15, 0.2) is 12.4 Å². The van der Waals surface area contributed by atoms with Crippen LogP contribution in [0.3, 0.4) is 0 Å². The maximum atomic E-state index is 11.6. The fourth-order valence-electron chi connectivity index (χ4n) is 3.49. The van der Waals surface area contributed by atoms with E-state index in [2.05, 4.69) is 20.3 Å². The molecule has 1 aromatic heterocycles. The van der Waals surface area contributed by atoms with Gasteiger partial charge in [0, 0.05) is 12.2 Å². The molecule has 34 heavy (non-hydrogen) atoms. The number of carboxylic acid groups (broad SMARTS) is 1. The molecule has 0 saturated heterocycles. The fourth-order valence-corrected chi connectivity index (χ4v) is 3.49. The number of nitrogen functional groups attached to an aromatic ring is 1. The maximum Gasteiger partial charge on any atom is 0.329 e. The summed E-state index contributed by atoms with van der Waals surface area (Å²) in [5, 5.41) is 20.7. The SMILES string of the molecule is CCN(C(=N)OCc1nc(N)nc(Nc2ccc(Oc3ccccc3)cc2)n1)C1(C(=O)O)CC1. The Morgan fingerprint density at radius 3 is 2.41 bits per heavy atom. The van der Waals surface area contributed by atoms with Gasteiger partial charge in [-0.3, -0.25) is 5.41 Å². The number of nitrogens with two attached hydrogens (primary N) is 1. The number of rotatable bonds is 9. The summed E-state index contributed by atoms with van der Waals surface area (Å²) in [5.74, 6) is 0.865. The number of aliphatic carboxylic acids is 1. The number of likely N-dealkylation sites (N-methyl/N-ethyl adjacent to an activating group) is 1. The lowest BCUT2D eigenvalue weighted by Crippen LogP contribution is -2.47. The Balaban J connectivity index is 1.38. The first-order valence-electron chi connectivity index (χ1n) is 10.7. The Morgan fingerprint density at radius 2 is 1.79 bits per heavy atom. The number of hydrogen-bond donors (Lipinski definition) is 4. The zero-order valence-electron chi connectivity index (χ0n) is 18.6. The molecule has 1 fully saturated rings. The Kier molecular flexibility index (Phi) is 6.44. The predicted molar refractivity (Wildman–Crippen MR) is 125 cm³/mol. The molecule has 1 aliphatic carbocycles. The van der Waals surface area contributed by atoms with Crippen LogP contribution in [0.1, 0.15) is 25.6 Å². The lowest BCUT2D eigenvalue weighted by molar-refractivity contribution is -0.143. The molecule has 0 unspecified atom stereocenters. The monoisotopic (exact) mass is 463 g/mol. The average molecular weight is 463 g/mol. The molecule has 11 heteroatoms. The van der Waals surface area contributed by atoms with E-state index >= 15 is 0 Å². The summed E-state index contributed by atoms with van der Waals surface area (Å²) < 4.78 is 11.3. The molecule has 0 bridgehead atoms. The number of aromatic nitrogens is 3. The first-order valence-corrected chi connectivity index (χ1v) is 10.7. The van der Waals surface area contributed by atoms with Crippen molar-refractivity contribution in [3.05, 3.63) is 60.4 Å². The van der Waals surface area contributed by atoms with Crippen LogP contribution >= 0.6 is 0 Å². The van der Waals surface area contributed by atoms with Crippen LogP contribution < -0.4 is 15.8 Å². The Labute approximate surface area is 196 Å². The number of nitrogens with one attached hydrogen (secondary N) is 2. The van der Waals surface area contributed by atoms with Crippen LogP contribution in [-0.2, 0) is 16.1 Å². The van der Waals surface area contributed by atoms with Gasteiger partial charge >= 0.3 is 5.97 Å². The van der Waals surface area contributed by atoms with Crippen molar-refractivity contribution < 1.29 is 19.4 Å². The largest absolute Gasteiger partial charge is 0.479 e. The number of amidine groups is 1. The molecule has 0 atom stereocenters. The summed E-state index contributed by atoms with van der Waals surface area (Å²) in [6.07, 6.45) is 0.952. The summed E-state index contributed by atoms with van der Waals surface area (Å²) in [6, 6.07) is 16.4. The van der Waals surface area contributed by atoms with Crippen LogP contribution in [0.5, 0.6) is 11.5 Å². The van der Waals surface area contributed by atoms with Gasteiger partial charge in [-0.2, -0.15) is 15.0 Å². The Morgan fingerprint density at radius 1 is 1.12 bits per heavy atom. The number of hydrogen-bond acceptors (Lipinski definition) is 9. The number of para-hydroxylation sites is 1. The highest BCUT2D eigenvalue weighted by atomic mass is 16.5. The van der Waals surface area contributed by atoms with E-state index in [0.717, 1.165) is 5.75 Å². The smallest absolute Gasteiger partial charge is 0.329 e. The molecule has 11 nitrogen and oxygen atoms in total. The van der Waals surface area contributed by atoms with Gasteiger partial charge < -0.3 is 30.5 Å².